The van der Waals surface area contributed by atoms with E-state index in [2.05, 4.69) is 0 Å². The van der Waals surface area contributed by atoms with Crippen molar-refractivity contribution in [2.75, 3.05) is 0 Å². The monoisotopic (exact) mass is 342 g/mol. The van der Waals surface area contributed by atoms with Gasteiger partial charge in [-0.05, 0) is 4.92 Å². The molecule has 0 unspecified atom stereocenters. The standard InChI is InChI=1S/C5H3IN4O6/c1-7-4(6)2(8(11)12)3(9(13)14)5(7)10(15)16/h1H3. The predicted octanol–water partition coefficient (Wildman–Crippen LogP) is 1.35. The second-order valence-corrected chi connectivity index (χ2v) is 3.66. The van der Waals surface area contributed by atoms with Crippen LogP contribution in [0.25, 0.3) is 0 Å². The van der Waals surface area contributed by atoms with Crippen LogP contribution < -0.4 is 0 Å². The van der Waals surface area contributed by atoms with E-state index in [9.17, 15) is 30.3 Å². The number of nitro groups is 3. The molecule has 0 spiro atoms. The molecular formula is C5H3IN4O6. The predicted molar refractivity (Wildman–Crippen MR) is 58.1 cm³/mol. The first-order valence-electron chi connectivity index (χ1n) is 3.60. The smallest absolute Gasteiger partial charge is 0.358 e. The summed E-state index contributed by atoms with van der Waals surface area (Å²) < 4.78 is 0.637. The van der Waals surface area contributed by atoms with Crippen molar-refractivity contribution in [2.45, 2.75) is 0 Å². The van der Waals surface area contributed by atoms with Gasteiger partial charge < -0.3 is 10.1 Å². The molecule has 0 amide bonds. The summed E-state index contributed by atoms with van der Waals surface area (Å²) in [7, 11) is 1.15. The summed E-state index contributed by atoms with van der Waals surface area (Å²) in [5, 5.41) is 31.8. The molecule has 0 radical (unpaired) electrons. The summed E-state index contributed by atoms with van der Waals surface area (Å²) in [6, 6.07) is 0. The third-order valence-corrected chi connectivity index (χ3v) is 3.02. The van der Waals surface area contributed by atoms with Gasteiger partial charge in [-0.15, -0.1) is 0 Å². The molecule has 0 aromatic carbocycles. The second kappa shape index (κ2) is 3.99. The molecule has 0 saturated heterocycles. The van der Waals surface area contributed by atoms with E-state index in [0.29, 0.717) is 0 Å². The van der Waals surface area contributed by atoms with Crippen LogP contribution in [0.5, 0.6) is 0 Å². The maximum Gasteiger partial charge on any atom is 0.443 e. The fourth-order valence-corrected chi connectivity index (χ4v) is 1.83. The molecule has 0 atom stereocenters. The number of aromatic nitrogens is 1. The molecule has 10 nitrogen and oxygen atoms in total. The quantitative estimate of drug-likeness (QED) is 0.462. The van der Waals surface area contributed by atoms with Gasteiger partial charge >= 0.3 is 17.2 Å². The molecule has 86 valence electrons. The first-order valence-corrected chi connectivity index (χ1v) is 4.68. The highest BCUT2D eigenvalue weighted by atomic mass is 127. The first kappa shape index (κ1) is 12.3. The van der Waals surface area contributed by atoms with Crippen molar-refractivity contribution in [3.05, 3.63) is 34.0 Å². The molecule has 1 aromatic heterocycles. The highest BCUT2D eigenvalue weighted by Gasteiger charge is 2.45. The third-order valence-electron chi connectivity index (χ3n) is 1.78. The summed E-state index contributed by atoms with van der Waals surface area (Å²) in [6.45, 7) is 0. The molecule has 16 heavy (non-hydrogen) atoms. The normalized spacial score (nSPS) is 10.1. The van der Waals surface area contributed by atoms with Crippen LogP contribution in [0.4, 0.5) is 17.2 Å². The lowest BCUT2D eigenvalue weighted by Crippen LogP contribution is -2.00. The summed E-state index contributed by atoms with van der Waals surface area (Å²) >= 11 is 1.45. The number of hydrogen-bond donors (Lipinski definition) is 0. The van der Waals surface area contributed by atoms with Crippen LogP contribution in [0, 0.1) is 34.0 Å². The molecule has 11 heteroatoms. The second-order valence-electron chi connectivity index (χ2n) is 2.64. The highest BCUT2D eigenvalue weighted by molar-refractivity contribution is 14.1. The molecule has 0 aliphatic heterocycles. The molecular weight excluding hydrogens is 339 g/mol. The lowest BCUT2D eigenvalue weighted by atomic mass is 10.4. The Morgan fingerprint density at radius 2 is 1.44 bits per heavy atom. The Kier molecular flexibility index (Phi) is 3.06. The number of halogens is 1. The summed E-state index contributed by atoms with van der Waals surface area (Å²) in [5.74, 6) is -0.902. The minimum absolute atomic E-state index is 0.166. The van der Waals surface area contributed by atoms with E-state index in [1.54, 1.807) is 0 Å². The molecule has 0 aliphatic rings. The van der Waals surface area contributed by atoms with Crippen molar-refractivity contribution in [3.8, 4) is 0 Å². The molecule has 1 rings (SSSR count). The molecule has 0 N–H and O–H groups in total. The zero-order valence-corrected chi connectivity index (χ0v) is 9.77. The Bertz CT molecular complexity index is 470. The van der Waals surface area contributed by atoms with Gasteiger partial charge in [0.25, 0.3) is 3.70 Å². The van der Waals surface area contributed by atoms with Gasteiger partial charge in [0.1, 0.15) is 0 Å². The summed E-state index contributed by atoms with van der Waals surface area (Å²) in [5.41, 5.74) is -1.96. The molecule has 0 bridgehead atoms. The van der Waals surface area contributed by atoms with Crippen LogP contribution >= 0.6 is 22.6 Å². The maximum atomic E-state index is 10.6. The van der Waals surface area contributed by atoms with Crippen LogP contribution in [0.15, 0.2) is 0 Å². The Hall–Kier alpha value is -1.79. The van der Waals surface area contributed by atoms with Gasteiger partial charge in [0.2, 0.25) is 0 Å². The Morgan fingerprint density at radius 3 is 1.75 bits per heavy atom. The van der Waals surface area contributed by atoms with Crippen molar-refractivity contribution in [3.63, 3.8) is 0 Å². The average molecular weight is 342 g/mol. The van der Waals surface area contributed by atoms with Gasteiger partial charge in [0.05, 0.1) is 16.9 Å². The average Bonchev–Trinajstić information content (AvgIpc) is 2.39. The van der Waals surface area contributed by atoms with Crippen molar-refractivity contribution < 1.29 is 14.8 Å². The summed E-state index contributed by atoms with van der Waals surface area (Å²) in [6.07, 6.45) is 0. The molecule has 0 fully saturated rings. The molecule has 1 aromatic rings. The van der Waals surface area contributed by atoms with Crippen molar-refractivity contribution in [1.29, 1.82) is 0 Å². The number of rotatable bonds is 3. The van der Waals surface area contributed by atoms with E-state index in [0.717, 1.165) is 11.6 Å². The minimum atomic E-state index is -1.13. The topological polar surface area (TPSA) is 134 Å². The van der Waals surface area contributed by atoms with Crippen LogP contribution in [0.2, 0.25) is 0 Å². The Labute approximate surface area is 100 Å². The minimum Gasteiger partial charge on any atom is -0.358 e. The Balaban J connectivity index is 3.76. The van der Waals surface area contributed by atoms with Crippen molar-refractivity contribution in [2.24, 2.45) is 7.05 Å². The van der Waals surface area contributed by atoms with E-state index >= 15 is 0 Å². The summed E-state index contributed by atoms with van der Waals surface area (Å²) in [4.78, 5) is 28.6. The first-order chi connectivity index (χ1) is 7.29. The lowest BCUT2D eigenvalue weighted by molar-refractivity contribution is -0.440. The third kappa shape index (κ3) is 1.68. The Morgan fingerprint density at radius 1 is 1.00 bits per heavy atom. The van der Waals surface area contributed by atoms with E-state index in [1.165, 1.54) is 22.6 Å². The zero-order chi connectivity index (χ0) is 12.6. The number of hydrogen-bond acceptors (Lipinski definition) is 6. The van der Waals surface area contributed by atoms with Gasteiger partial charge in [-0.1, -0.05) is 0 Å². The SMILES string of the molecule is Cn1c(I)c([N+](=O)[O-])c([N+](=O)[O-])c1[N+](=O)[O-]. The van der Waals surface area contributed by atoms with Crippen LogP contribution in [0.1, 0.15) is 0 Å². The zero-order valence-electron chi connectivity index (χ0n) is 7.62. The van der Waals surface area contributed by atoms with Crippen LogP contribution in [0.3, 0.4) is 0 Å². The van der Waals surface area contributed by atoms with Gasteiger partial charge in [-0.2, -0.15) is 0 Å². The fourth-order valence-electron chi connectivity index (χ4n) is 1.15. The van der Waals surface area contributed by atoms with Gasteiger partial charge in [0, 0.05) is 22.6 Å². The number of nitrogens with zero attached hydrogens (tertiary/aromatic N) is 4. The largest absolute Gasteiger partial charge is 0.443 e. The highest BCUT2D eigenvalue weighted by Crippen LogP contribution is 2.41. The maximum absolute atomic E-state index is 10.6. The fraction of sp³-hybridized carbons (Fsp3) is 0.200. The van der Waals surface area contributed by atoms with Crippen LogP contribution in [-0.2, 0) is 7.05 Å². The van der Waals surface area contributed by atoms with Crippen molar-refractivity contribution >= 4 is 39.8 Å². The van der Waals surface area contributed by atoms with E-state index < -0.39 is 32.0 Å². The lowest BCUT2D eigenvalue weighted by Gasteiger charge is -1.92. The van der Waals surface area contributed by atoms with E-state index in [4.69, 9.17) is 0 Å². The van der Waals surface area contributed by atoms with Crippen molar-refractivity contribution in [1.82, 2.24) is 4.57 Å². The van der Waals surface area contributed by atoms with E-state index in [1.807, 2.05) is 0 Å². The van der Waals surface area contributed by atoms with Gasteiger partial charge in [0.15, 0.2) is 0 Å². The van der Waals surface area contributed by atoms with E-state index in [-0.39, 0.29) is 3.70 Å². The van der Waals surface area contributed by atoms with Crippen LogP contribution in [-0.4, -0.2) is 19.3 Å². The molecule has 0 aliphatic carbocycles. The molecule has 0 saturated carbocycles. The van der Waals surface area contributed by atoms with Gasteiger partial charge in [-0.3, -0.25) is 20.2 Å². The molecule has 1 heterocycles. The van der Waals surface area contributed by atoms with Gasteiger partial charge in [-0.25, -0.2) is 4.57 Å².